The Morgan fingerprint density at radius 1 is 1.07 bits per heavy atom. The number of aliphatic hydroxyl groups is 1. The van der Waals surface area contributed by atoms with Crippen LogP contribution in [0.15, 0.2) is 0 Å². The SMILES string of the molecule is O=[P+](CCCO)C1CCCCCCC1. The van der Waals surface area contributed by atoms with Crippen molar-refractivity contribution in [3.05, 3.63) is 0 Å². The van der Waals surface area contributed by atoms with Crippen molar-refractivity contribution in [2.45, 2.75) is 57.0 Å². The fourth-order valence-electron chi connectivity index (χ4n) is 2.13. The van der Waals surface area contributed by atoms with E-state index in [0.29, 0.717) is 12.1 Å². The van der Waals surface area contributed by atoms with Crippen LogP contribution in [-0.2, 0) is 4.57 Å². The van der Waals surface area contributed by atoms with Crippen LogP contribution in [-0.4, -0.2) is 23.5 Å². The van der Waals surface area contributed by atoms with Gasteiger partial charge in [0.25, 0.3) is 0 Å². The van der Waals surface area contributed by atoms with Crippen molar-refractivity contribution >= 4 is 7.80 Å². The lowest BCUT2D eigenvalue weighted by molar-refractivity contribution is 0.295. The van der Waals surface area contributed by atoms with Gasteiger partial charge in [0.2, 0.25) is 0 Å². The highest BCUT2D eigenvalue weighted by Gasteiger charge is 2.28. The Bertz CT molecular complexity index is 163. The smallest absolute Gasteiger partial charge is 0.341 e. The first-order chi connectivity index (χ1) is 6.84. The molecule has 1 atom stereocenters. The second-order valence-electron chi connectivity index (χ2n) is 4.22. The van der Waals surface area contributed by atoms with Crippen LogP contribution in [0.4, 0.5) is 0 Å². The quantitative estimate of drug-likeness (QED) is 0.733. The summed E-state index contributed by atoms with van der Waals surface area (Å²) >= 11 is 0. The molecule has 0 aliphatic heterocycles. The minimum absolute atomic E-state index is 0.188. The normalized spacial score (nSPS) is 21.4. The number of aliphatic hydroxyl groups excluding tert-OH is 1. The summed E-state index contributed by atoms with van der Waals surface area (Å²) in [6.07, 6.45) is 10.3. The lowest BCUT2D eigenvalue weighted by Crippen LogP contribution is -2.07. The minimum Gasteiger partial charge on any atom is -0.396 e. The molecule has 0 amide bonds. The highest BCUT2D eigenvalue weighted by atomic mass is 31.1. The van der Waals surface area contributed by atoms with Crippen molar-refractivity contribution in [1.82, 2.24) is 0 Å². The van der Waals surface area contributed by atoms with Crippen LogP contribution < -0.4 is 0 Å². The van der Waals surface area contributed by atoms with Crippen molar-refractivity contribution in [3.8, 4) is 0 Å². The minimum atomic E-state index is -1.04. The number of hydrogen-bond donors (Lipinski definition) is 1. The molecule has 1 aliphatic carbocycles. The molecule has 1 unspecified atom stereocenters. The molecule has 0 radical (unpaired) electrons. The summed E-state index contributed by atoms with van der Waals surface area (Å²) in [5, 5.41) is 8.69. The Morgan fingerprint density at radius 2 is 1.64 bits per heavy atom. The summed E-state index contributed by atoms with van der Waals surface area (Å²) in [4.78, 5) is 0. The molecule has 1 aliphatic rings. The maximum atomic E-state index is 11.9. The van der Waals surface area contributed by atoms with E-state index in [4.69, 9.17) is 5.11 Å². The third kappa shape index (κ3) is 4.52. The zero-order chi connectivity index (χ0) is 10.2. The number of hydrogen-bond acceptors (Lipinski definition) is 2. The van der Waals surface area contributed by atoms with Crippen LogP contribution in [0, 0.1) is 0 Å². The molecule has 0 saturated heterocycles. The van der Waals surface area contributed by atoms with E-state index in [-0.39, 0.29) is 6.61 Å². The van der Waals surface area contributed by atoms with E-state index >= 15 is 0 Å². The Labute approximate surface area is 87.9 Å². The molecule has 82 valence electrons. The lowest BCUT2D eigenvalue weighted by Gasteiger charge is -2.11. The van der Waals surface area contributed by atoms with Crippen molar-refractivity contribution < 1.29 is 9.67 Å². The zero-order valence-corrected chi connectivity index (χ0v) is 9.85. The van der Waals surface area contributed by atoms with Gasteiger partial charge in [0, 0.05) is 13.0 Å². The molecule has 3 heteroatoms. The molecule has 1 rings (SSSR count). The lowest BCUT2D eigenvalue weighted by atomic mass is 10.0. The van der Waals surface area contributed by atoms with Gasteiger partial charge in [-0.05, 0) is 25.7 Å². The molecule has 0 aromatic heterocycles. The van der Waals surface area contributed by atoms with Crippen molar-refractivity contribution in [2.75, 3.05) is 12.8 Å². The van der Waals surface area contributed by atoms with Gasteiger partial charge >= 0.3 is 7.80 Å². The Kier molecular flexibility index (Phi) is 6.38. The summed E-state index contributed by atoms with van der Waals surface area (Å²) in [6.45, 7) is 0.188. The van der Waals surface area contributed by atoms with Gasteiger partial charge in [-0.25, -0.2) is 0 Å². The van der Waals surface area contributed by atoms with Crippen LogP contribution in [0.3, 0.4) is 0 Å². The molecular weight excluding hydrogens is 195 g/mol. The maximum absolute atomic E-state index is 11.9. The second kappa shape index (κ2) is 7.36. The van der Waals surface area contributed by atoms with Crippen molar-refractivity contribution in [2.24, 2.45) is 0 Å². The highest BCUT2D eigenvalue weighted by molar-refractivity contribution is 7.45. The Hall–Kier alpha value is 0.0600. The first-order valence-electron chi connectivity index (χ1n) is 5.89. The first kappa shape index (κ1) is 12.1. The predicted octanol–water partition coefficient (Wildman–Crippen LogP) is 3.31. The molecule has 0 bridgehead atoms. The Balaban J connectivity index is 2.27. The van der Waals surface area contributed by atoms with E-state index in [1.807, 2.05) is 0 Å². The molecule has 1 N–H and O–H groups in total. The van der Waals surface area contributed by atoms with Crippen LogP contribution >= 0.6 is 7.80 Å². The van der Waals surface area contributed by atoms with Crippen LogP contribution in [0.1, 0.15) is 51.4 Å². The molecular formula is C11H22O2P+. The zero-order valence-electron chi connectivity index (χ0n) is 8.95. The van der Waals surface area contributed by atoms with E-state index in [0.717, 1.165) is 19.0 Å². The fourth-order valence-corrected chi connectivity index (χ4v) is 3.89. The summed E-state index contributed by atoms with van der Waals surface area (Å²) in [7, 11) is -1.04. The topological polar surface area (TPSA) is 37.3 Å². The Morgan fingerprint density at radius 3 is 2.21 bits per heavy atom. The predicted molar refractivity (Wildman–Crippen MR) is 60.3 cm³/mol. The summed E-state index contributed by atoms with van der Waals surface area (Å²) < 4.78 is 11.9. The van der Waals surface area contributed by atoms with Crippen LogP contribution in [0.2, 0.25) is 0 Å². The standard InChI is InChI=1S/C11H22O2P/c12-9-6-10-14(13)11-7-4-2-1-3-5-8-11/h11-12H,1-10H2/q+1. The molecule has 14 heavy (non-hydrogen) atoms. The van der Waals surface area contributed by atoms with Gasteiger partial charge < -0.3 is 5.11 Å². The van der Waals surface area contributed by atoms with Crippen molar-refractivity contribution in [1.29, 1.82) is 0 Å². The van der Waals surface area contributed by atoms with Crippen LogP contribution in [0.5, 0.6) is 0 Å². The molecule has 2 nitrogen and oxygen atoms in total. The van der Waals surface area contributed by atoms with Gasteiger partial charge in [0.05, 0.1) is 0 Å². The van der Waals surface area contributed by atoms with E-state index in [1.165, 1.54) is 32.1 Å². The summed E-state index contributed by atoms with van der Waals surface area (Å²) in [5.74, 6) is 0. The third-order valence-corrected chi connectivity index (χ3v) is 5.11. The van der Waals surface area contributed by atoms with Gasteiger partial charge in [-0.3, -0.25) is 0 Å². The van der Waals surface area contributed by atoms with Gasteiger partial charge in [0.1, 0.15) is 6.16 Å². The van der Waals surface area contributed by atoms with Gasteiger partial charge in [-0.2, -0.15) is 0 Å². The molecule has 1 saturated carbocycles. The van der Waals surface area contributed by atoms with Crippen LogP contribution in [0.25, 0.3) is 0 Å². The van der Waals surface area contributed by atoms with E-state index < -0.39 is 7.80 Å². The first-order valence-corrected chi connectivity index (χ1v) is 7.40. The number of rotatable bonds is 4. The van der Waals surface area contributed by atoms with E-state index in [9.17, 15) is 4.57 Å². The monoisotopic (exact) mass is 217 g/mol. The highest BCUT2D eigenvalue weighted by Crippen LogP contribution is 2.37. The summed E-state index contributed by atoms with van der Waals surface area (Å²) in [5.41, 5.74) is 0.455. The molecule has 1 fully saturated rings. The third-order valence-electron chi connectivity index (χ3n) is 3.02. The fraction of sp³-hybridized carbons (Fsp3) is 1.00. The van der Waals surface area contributed by atoms with Gasteiger partial charge in [-0.15, -0.1) is 0 Å². The molecule has 0 aromatic rings. The molecule has 0 heterocycles. The van der Waals surface area contributed by atoms with Gasteiger partial charge in [0.15, 0.2) is 5.66 Å². The average molecular weight is 217 g/mol. The average Bonchev–Trinajstić information content (AvgIpc) is 2.13. The molecule has 0 aromatic carbocycles. The van der Waals surface area contributed by atoms with E-state index in [2.05, 4.69) is 0 Å². The summed E-state index contributed by atoms with van der Waals surface area (Å²) in [6, 6.07) is 0. The van der Waals surface area contributed by atoms with E-state index in [1.54, 1.807) is 0 Å². The second-order valence-corrected chi connectivity index (χ2v) is 6.23. The van der Waals surface area contributed by atoms with Crippen molar-refractivity contribution in [3.63, 3.8) is 0 Å². The van der Waals surface area contributed by atoms with Gasteiger partial charge in [-0.1, -0.05) is 23.8 Å². The maximum Gasteiger partial charge on any atom is 0.341 e. The largest absolute Gasteiger partial charge is 0.396 e. The molecule has 0 spiro atoms.